The first kappa shape index (κ1) is 13.7. The molecule has 0 radical (unpaired) electrons. The van der Waals surface area contributed by atoms with Gasteiger partial charge in [-0.1, -0.05) is 35.9 Å². The van der Waals surface area contributed by atoms with E-state index in [1.807, 2.05) is 49.4 Å². The van der Waals surface area contributed by atoms with Crippen molar-refractivity contribution in [2.45, 2.75) is 19.3 Å². The summed E-state index contributed by atoms with van der Waals surface area (Å²) in [5.74, 6) is 0.579. The van der Waals surface area contributed by atoms with Crippen LogP contribution in [0.15, 0.2) is 42.5 Å². The summed E-state index contributed by atoms with van der Waals surface area (Å²) >= 11 is 5.81. The van der Waals surface area contributed by atoms with E-state index in [1.54, 1.807) is 0 Å². The Balaban J connectivity index is 2.02. The molecule has 100 valence electrons. The number of aromatic hydroxyl groups is 1. The molecule has 0 bridgehead atoms. The van der Waals surface area contributed by atoms with Crippen LogP contribution in [-0.4, -0.2) is 5.11 Å². The standard InChI is InChI=1S/C15H17ClN2O/c1-11-7-12(9-16)15(19)13(8-11)10-17-18-14-5-3-2-4-6-14/h2-8,17-19H,9-10H2,1H3. The van der Waals surface area contributed by atoms with Gasteiger partial charge in [-0.15, -0.1) is 11.6 Å². The molecule has 0 aliphatic carbocycles. The molecule has 0 spiro atoms. The molecule has 0 aromatic heterocycles. The number of nitrogens with one attached hydrogen (secondary N) is 2. The Hall–Kier alpha value is -1.71. The van der Waals surface area contributed by atoms with Crippen LogP contribution >= 0.6 is 11.6 Å². The van der Waals surface area contributed by atoms with Crippen molar-refractivity contribution in [3.8, 4) is 5.75 Å². The Bertz CT molecular complexity index is 543. The summed E-state index contributed by atoms with van der Waals surface area (Å²) < 4.78 is 0. The molecule has 0 amide bonds. The monoisotopic (exact) mass is 276 g/mol. The molecule has 0 aliphatic rings. The second-order valence-electron chi connectivity index (χ2n) is 4.41. The fourth-order valence-electron chi connectivity index (χ4n) is 1.93. The lowest BCUT2D eigenvalue weighted by Crippen LogP contribution is -2.21. The topological polar surface area (TPSA) is 44.3 Å². The maximum Gasteiger partial charge on any atom is 0.124 e. The highest BCUT2D eigenvalue weighted by atomic mass is 35.5. The van der Waals surface area contributed by atoms with Crippen LogP contribution in [0, 0.1) is 6.92 Å². The molecule has 0 saturated carbocycles. The zero-order chi connectivity index (χ0) is 13.7. The molecule has 0 aliphatic heterocycles. The van der Waals surface area contributed by atoms with Gasteiger partial charge in [-0.3, -0.25) is 0 Å². The van der Waals surface area contributed by atoms with Gasteiger partial charge in [0, 0.05) is 23.4 Å². The molecule has 0 saturated heterocycles. The quantitative estimate of drug-likeness (QED) is 0.578. The average molecular weight is 277 g/mol. The summed E-state index contributed by atoms with van der Waals surface area (Å²) in [4.78, 5) is 0. The minimum Gasteiger partial charge on any atom is -0.507 e. The van der Waals surface area contributed by atoms with Gasteiger partial charge in [0.05, 0.1) is 5.88 Å². The van der Waals surface area contributed by atoms with Crippen molar-refractivity contribution in [2.75, 3.05) is 5.43 Å². The third-order valence-electron chi connectivity index (χ3n) is 2.84. The van der Waals surface area contributed by atoms with E-state index in [1.165, 1.54) is 0 Å². The van der Waals surface area contributed by atoms with E-state index in [4.69, 9.17) is 11.6 Å². The molecule has 2 aromatic carbocycles. The molecular formula is C15H17ClN2O. The Kier molecular flexibility index (Phi) is 4.66. The highest BCUT2D eigenvalue weighted by Gasteiger charge is 2.07. The van der Waals surface area contributed by atoms with Crippen molar-refractivity contribution in [3.63, 3.8) is 0 Å². The molecule has 2 aromatic rings. The number of para-hydroxylation sites is 1. The molecule has 0 heterocycles. The Morgan fingerprint density at radius 3 is 2.47 bits per heavy atom. The number of hydrogen-bond acceptors (Lipinski definition) is 3. The van der Waals surface area contributed by atoms with Gasteiger partial charge in [-0.25, -0.2) is 5.43 Å². The van der Waals surface area contributed by atoms with E-state index in [0.29, 0.717) is 12.4 Å². The van der Waals surface area contributed by atoms with E-state index in [2.05, 4.69) is 10.9 Å². The number of rotatable bonds is 5. The van der Waals surface area contributed by atoms with Gasteiger partial charge in [0.25, 0.3) is 0 Å². The minimum absolute atomic E-state index is 0.267. The fraction of sp³-hybridized carbons (Fsp3) is 0.200. The molecule has 19 heavy (non-hydrogen) atoms. The summed E-state index contributed by atoms with van der Waals surface area (Å²) in [6, 6.07) is 13.7. The molecule has 0 unspecified atom stereocenters. The lowest BCUT2D eigenvalue weighted by Gasteiger charge is -2.12. The minimum atomic E-state index is 0.267. The first-order chi connectivity index (χ1) is 9.20. The number of phenolic OH excluding ortho intramolecular Hbond substituents is 1. The fourth-order valence-corrected chi connectivity index (χ4v) is 2.14. The van der Waals surface area contributed by atoms with Gasteiger partial charge in [0.2, 0.25) is 0 Å². The zero-order valence-electron chi connectivity index (χ0n) is 10.8. The molecule has 3 N–H and O–H groups in total. The van der Waals surface area contributed by atoms with E-state index in [-0.39, 0.29) is 5.75 Å². The first-order valence-electron chi connectivity index (χ1n) is 6.12. The molecule has 2 rings (SSSR count). The first-order valence-corrected chi connectivity index (χ1v) is 6.65. The summed E-state index contributed by atoms with van der Waals surface area (Å²) in [5, 5.41) is 10.1. The second-order valence-corrected chi connectivity index (χ2v) is 4.68. The smallest absolute Gasteiger partial charge is 0.124 e. The summed E-state index contributed by atoms with van der Waals surface area (Å²) in [5.41, 5.74) is 9.83. The van der Waals surface area contributed by atoms with E-state index >= 15 is 0 Å². The van der Waals surface area contributed by atoms with Gasteiger partial charge in [-0.2, -0.15) is 0 Å². The molecule has 0 fully saturated rings. The van der Waals surface area contributed by atoms with E-state index in [9.17, 15) is 5.11 Å². The van der Waals surface area contributed by atoms with Crippen LogP contribution in [-0.2, 0) is 12.4 Å². The predicted molar refractivity (Wildman–Crippen MR) is 79.3 cm³/mol. The molecular weight excluding hydrogens is 260 g/mol. The Labute approximate surface area is 118 Å². The van der Waals surface area contributed by atoms with Gasteiger partial charge in [0.15, 0.2) is 0 Å². The average Bonchev–Trinajstić information content (AvgIpc) is 2.43. The van der Waals surface area contributed by atoms with Crippen LogP contribution in [0.1, 0.15) is 16.7 Å². The number of aryl methyl sites for hydroxylation is 1. The van der Waals surface area contributed by atoms with Crippen molar-refractivity contribution < 1.29 is 5.11 Å². The Morgan fingerprint density at radius 2 is 1.79 bits per heavy atom. The van der Waals surface area contributed by atoms with Crippen LogP contribution in [0.2, 0.25) is 0 Å². The SMILES string of the molecule is Cc1cc(CCl)c(O)c(CNNc2ccccc2)c1. The van der Waals surface area contributed by atoms with Crippen LogP contribution < -0.4 is 10.9 Å². The van der Waals surface area contributed by atoms with Crippen molar-refractivity contribution in [3.05, 3.63) is 59.2 Å². The molecule has 4 heteroatoms. The van der Waals surface area contributed by atoms with Crippen molar-refractivity contribution in [1.82, 2.24) is 5.43 Å². The van der Waals surface area contributed by atoms with E-state index in [0.717, 1.165) is 22.4 Å². The third kappa shape index (κ3) is 3.63. The highest BCUT2D eigenvalue weighted by molar-refractivity contribution is 6.17. The second kappa shape index (κ2) is 6.45. The lowest BCUT2D eigenvalue weighted by atomic mass is 10.1. The van der Waals surface area contributed by atoms with Gasteiger partial charge < -0.3 is 10.5 Å². The highest BCUT2D eigenvalue weighted by Crippen LogP contribution is 2.25. The van der Waals surface area contributed by atoms with Crippen LogP contribution in [0.5, 0.6) is 5.75 Å². The number of alkyl halides is 1. The number of phenols is 1. The maximum atomic E-state index is 10.1. The number of hydrogen-bond donors (Lipinski definition) is 3. The number of halogens is 1. The Morgan fingerprint density at radius 1 is 1.11 bits per heavy atom. The molecule has 3 nitrogen and oxygen atoms in total. The number of hydrazine groups is 1. The largest absolute Gasteiger partial charge is 0.507 e. The third-order valence-corrected chi connectivity index (χ3v) is 3.13. The zero-order valence-corrected chi connectivity index (χ0v) is 11.5. The van der Waals surface area contributed by atoms with Crippen molar-refractivity contribution in [1.29, 1.82) is 0 Å². The normalized spacial score (nSPS) is 10.4. The molecule has 0 atom stereocenters. The maximum absolute atomic E-state index is 10.1. The van der Waals surface area contributed by atoms with Gasteiger partial charge in [0.1, 0.15) is 5.75 Å². The van der Waals surface area contributed by atoms with Crippen LogP contribution in [0.25, 0.3) is 0 Å². The summed E-state index contributed by atoms with van der Waals surface area (Å²) in [6.45, 7) is 2.51. The van der Waals surface area contributed by atoms with Gasteiger partial charge >= 0.3 is 0 Å². The number of anilines is 1. The van der Waals surface area contributed by atoms with Crippen LogP contribution in [0.3, 0.4) is 0 Å². The number of benzene rings is 2. The van der Waals surface area contributed by atoms with E-state index < -0.39 is 0 Å². The predicted octanol–water partition coefficient (Wildman–Crippen LogP) is 3.56. The van der Waals surface area contributed by atoms with Gasteiger partial charge in [-0.05, 0) is 19.1 Å². The van der Waals surface area contributed by atoms with Crippen molar-refractivity contribution >= 4 is 17.3 Å². The van der Waals surface area contributed by atoms with Crippen molar-refractivity contribution in [2.24, 2.45) is 0 Å². The summed E-state index contributed by atoms with van der Waals surface area (Å²) in [6.07, 6.45) is 0. The van der Waals surface area contributed by atoms with Crippen LogP contribution in [0.4, 0.5) is 5.69 Å². The lowest BCUT2D eigenvalue weighted by molar-refractivity contribution is 0.461. The summed E-state index contributed by atoms with van der Waals surface area (Å²) in [7, 11) is 0.